The second-order valence-electron chi connectivity index (χ2n) is 3.76. The maximum atomic E-state index is 6.10. The van der Waals surface area contributed by atoms with Gasteiger partial charge in [-0.05, 0) is 31.5 Å². The van der Waals surface area contributed by atoms with E-state index in [9.17, 15) is 0 Å². The largest absolute Gasteiger partial charge is 0.238 e. The van der Waals surface area contributed by atoms with Crippen molar-refractivity contribution in [2.75, 3.05) is 0 Å². The molecule has 84 valence electrons. The minimum atomic E-state index is 0.700. The van der Waals surface area contributed by atoms with Gasteiger partial charge < -0.3 is 0 Å². The van der Waals surface area contributed by atoms with E-state index in [1.54, 1.807) is 0 Å². The molecule has 1 heterocycles. The number of rotatable bonds is 2. The van der Waals surface area contributed by atoms with Gasteiger partial charge in [0.1, 0.15) is 0 Å². The molecule has 4 heteroatoms. The van der Waals surface area contributed by atoms with Crippen LogP contribution in [0.5, 0.6) is 0 Å². The first-order valence-corrected chi connectivity index (χ1v) is 6.05. The Morgan fingerprint density at radius 1 is 1.38 bits per heavy atom. The molecule has 0 aliphatic rings. The van der Waals surface area contributed by atoms with Crippen molar-refractivity contribution in [3.8, 4) is 5.69 Å². The Balaban J connectivity index is 2.50. The van der Waals surface area contributed by atoms with E-state index >= 15 is 0 Å². The highest BCUT2D eigenvalue weighted by atomic mass is 35.5. The van der Waals surface area contributed by atoms with Crippen LogP contribution in [0.1, 0.15) is 16.8 Å². The molecule has 2 nitrogen and oxygen atoms in total. The Labute approximate surface area is 106 Å². The number of benzene rings is 1. The normalized spacial score (nSPS) is 10.8. The quantitative estimate of drug-likeness (QED) is 0.809. The summed E-state index contributed by atoms with van der Waals surface area (Å²) in [6, 6.07) is 5.95. The van der Waals surface area contributed by atoms with Crippen LogP contribution in [0.25, 0.3) is 5.69 Å². The molecule has 0 N–H and O–H groups in total. The van der Waals surface area contributed by atoms with Crippen LogP contribution >= 0.6 is 24.2 Å². The van der Waals surface area contributed by atoms with Crippen LogP contribution < -0.4 is 0 Å². The second-order valence-corrected chi connectivity index (χ2v) is 4.48. The van der Waals surface area contributed by atoms with Crippen LogP contribution in [0.15, 0.2) is 24.4 Å². The molecule has 0 saturated carbocycles. The van der Waals surface area contributed by atoms with E-state index in [2.05, 4.69) is 17.7 Å². The van der Waals surface area contributed by atoms with Crippen LogP contribution in [0.2, 0.25) is 5.02 Å². The van der Waals surface area contributed by atoms with Crippen molar-refractivity contribution >= 4 is 24.2 Å². The number of nitrogens with zero attached hydrogens (tertiary/aromatic N) is 2. The number of hydrogen-bond acceptors (Lipinski definition) is 2. The molecule has 0 radical (unpaired) electrons. The van der Waals surface area contributed by atoms with Crippen LogP contribution in [-0.4, -0.2) is 9.78 Å². The number of aryl methyl sites for hydroxylation is 1. The predicted molar refractivity (Wildman–Crippen MR) is 70.7 cm³/mol. The molecular formula is C12H13ClN2S. The van der Waals surface area contributed by atoms with E-state index < -0.39 is 0 Å². The zero-order valence-corrected chi connectivity index (χ0v) is 10.9. The lowest BCUT2D eigenvalue weighted by Crippen LogP contribution is -1.99. The molecule has 0 aliphatic heterocycles. The molecule has 16 heavy (non-hydrogen) atoms. The molecular weight excluding hydrogens is 240 g/mol. The summed E-state index contributed by atoms with van der Waals surface area (Å²) in [5.41, 5.74) is 4.31. The van der Waals surface area contributed by atoms with Crippen LogP contribution in [0, 0.1) is 13.8 Å². The van der Waals surface area contributed by atoms with Gasteiger partial charge in [0, 0.05) is 22.0 Å². The summed E-state index contributed by atoms with van der Waals surface area (Å²) in [5.74, 6) is 0.700. The third-order valence-electron chi connectivity index (χ3n) is 2.68. The van der Waals surface area contributed by atoms with Gasteiger partial charge in [-0.1, -0.05) is 17.7 Å². The fourth-order valence-electron chi connectivity index (χ4n) is 1.57. The van der Waals surface area contributed by atoms with E-state index in [4.69, 9.17) is 11.6 Å². The van der Waals surface area contributed by atoms with E-state index in [1.165, 1.54) is 0 Å². The Kier molecular flexibility index (Phi) is 3.26. The third kappa shape index (κ3) is 1.97. The highest BCUT2D eigenvalue weighted by molar-refractivity contribution is 7.79. The average molecular weight is 253 g/mol. The average Bonchev–Trinajstić information content (AvgIpc) is 2.64. The van der Waals surface area contributed by atoms with Crippen LogP contribution in [0.4, 0.5) is 0 Å². The smallest absolute Gasteiger partial charge is 0.0663 e. The SMILES string of the molecule is Cc1ccc(-n2ncc(CS)c2C)cc1Cl. The molecule has 2 aromatic rings. The Hall–Kier alpha value is -0.930. The zero-order chi connectivity index (χ0) is 11.7. The maximum absolute atomic E-state index is 6.10. The number of halogens is 1. The van der Waals surface area contributed by atoms with Gasteiger partial charge in [0.25, 0.3) is 0 Å². The summed E-state index contributed by atoms with van der Waals surface area (Å²) >= 11 is 10.4. The molecule has 0 fully saturated rings. The van der Waals surface area contributed by atoms with E-state index in [-0.39, 0.29) is 0 Å². The van der Waals surface area contributed by atoms with Gasteiger partial charge in [0.15, 0.2) is 0 Å². The van der Waals surface area contributed by atoms with Crippen molar-refractivity contribution in [2.45, 2.75) is 19.6 Å². The minimum absolute atomic E-state index is 0.700. The van der Waals surface area contributed by atoms with Crippen molar-refractivity contribution in [3.05, 3.63) is 46.2 Å². The first-order chi connectivity index (χ1) is 7.63. The molecule has 0 atom stereocenters. The Bertz CT molecular complexity index is 520. The summed E-state index contributed by atoms with van der Waals surface area (Å²) in [6.45, 7) is 4.02. The van der Waals surface area contributed by atoms with Gasteiger partial charge in [0.2, 0.25) is 0 Å². The van der Waals surface area contributed by atoms with Gasteiger partial charge in [-0.15, -0.1) is 0 Å². The number of aromatic nitrogens is 2. The van der Waals surface area contributed by atoms with Crippen molar-refractivity contribution in [2.24, 2.45) is 0 Å². The maximum Gasteiger partial charge on any atom is 0.0663 e. The van der Waals surface area contributed by atoms with E-state index in [0.29, 0.717) is 5.75 Å². The van der Waals surface area contributed by atoms with Gasteiger partial charge in [-0.2, -0.15) is 17.7 Å². The molecule has 1 aromatic carbocycles. The monoisotopic (exact) mass is 252 g/mol. The lowest BCUT2D eigenvalue weighted by Gasteiger charge is -2.06. The molecule has 0 aliphatic carbocycles. The van der Waals surface area contributed by atoms with Gasteiger partial charge in [-0.3, -0.25) is 0 Å². The minimum Gasteiger partial charge on any atom is -0.238 e. The molecule has 0 bridgehead atoms. The standard InChI is InChI=1S/C12H13ClN2S/c1-8-3-4-11(5-12(8)13)15-9(2)10(7-16)6-14-15/h3-6,16H,7H2,1-2H3. The van der Waals surface area contributed by atoms with Gasteiger partial charge >= 0.3 is 0 Å². The van der Waals surface area contributed by atoms with Crippen LogP contribution in [0.3, 0.4) is 0 Å². The first-order valence-electron chi connectivity index (χ1n) is 5.04. The molecule has 0 unspecified atom stereocenters. The Morgan fingerprint density at radius 3 is 2.69 bits per heavy atom. The molecule has 0 amide bonds. The topological polar surface area (TPSA) is 17.8 Å². The van der Waals surface area contributed by atoms with Crippen molar-refractivity contribution in [1.29, 1.82) is 0 Å². The van der Waals surface area contributed by atoms with E-state index in [1.807, 2.05) is 42.9 Å². The van der Waals surface area contributed by atoms with Gasteiger partial charge in [0.05, 0.1) is 11.9 Å². The van der Waals surface area contributed by atoms with Crippen LogP contribution in [-0.2, 0) is 5.75 Å². The Morgan fingerprint density at radius 2 is 2.12 bits per heavy atom. The lowest BCUT2D eigenvalue weighted by molar-refractivity contribution is 0.845. The summed E-state index contributed by atoms with van der Waals surface area (Å²) in [7, 11) is 0. The predicted octanol–water partition coefficient (Wildman–Crippen LogP) is 3.57. The number of thiol groups is 1. The van der Waals surface area contributed by atoms with E-state index in [0.717, 1.165) is 27.5 Å². The highest BCUT2D eigenvalue weighted by Gasteiger charge is 2.07. The summed E-state index contributed by atoms with van der Waals surface area (Å²) < 4.78 is 1.89. The van der Waals surface area contributed by atoms with Crippen molar-refractivity contribution in [3.63, 3.8) is 0 Å². The first kappa shape index (κ1) is 11.6. The summed E-state index contributed by atoms with van der Waals surface area (Å²) in [6.07, 6.45) is 1.84. The second kappa shape index (κ2) is 4.52. The molecule has 0 saturated heterocycles. The third-order valence-corrected chi connectivity index (χ3v) is 3.43. The fourth-order valence-corrected chi connectivity index (χ4v) is 2.06. The summed E-state index contributed by atoms with van der Waals surface area (Å²) in [4.78, 5) is 0. The molecule has 0 spiro atoms. The fraction of sp³-hybridized carbons (Fsp3) is 0.250. The van der Waals surface area contributed by atoms with Gasteiger partial charge in [-0.25, -0.2) is 4.68 Å². The van der Waals surface area contributed by atoms with Crippen molar-refractivity contribution in [1.82, 2.24) is 9.78 Å². The molecule has 2 rings (SSSR count). The number of hydrogen-bond donors (Lipinski definition) is 1. The lowest BCUT2D eigenvalue weighted by atomic mass is 10.2. The van der Waals surface area contributed by atoms with Crippen molar-refractivity contribution < 1.29 is 0 Å². The highest BCUT2D eigenvalue weighted by Crippen LogP contribution is 2.21. The zero-order valence-electron chi connectivity index (χ0n) is 9.24. The molecule has 1 aromatic heterocycles. The summed E-state index contributed by atoms with van der Waals surface area (Å²) in [5, 5.41) is 5.10.